The van der Waals surface area contributed by atoms with Crippen LogP contribution in [0.1, 0.15) is 26.3 Å². The maximum Gasteiger partial charge on any atom is 0.335 e. The Balaban J connectivity index is 1.65. The summed E-state index contributed by atoms with van der Waals surface area (Å²) < 4.78 is 5.25. The van der Waals surface area contributed by atoms with E-state index in [1.54, 1.807) is 41.3 Å². The van der Waals surface area contributed by atoms with Crippen molar-refractivity contribution in [2.24, 2.45) is 0 Å². The summed E-state index contributed by atoms with van der Waals surface area (Å²) in [6.07, 6.45) is 0.0444. The number of nitrogens with one attached hydrogen (secondary N) is 1. The Bertz CT molecular complexity index is 859. The summed E-state index contributed by atoms with van der Waals surface area (Å²) in [4.78, 5) is 37.5. The minimum Gasteiger partial charge on any atom is -0.478 e. The Kier molecular flexibility index (Phi) is 5.83. The summed E-state index contributed by atoms with van der Waals surface area (Å²) in [6.45, 7) is 2.15. The number of benzene rings is 2. The minimum atomic E-state index is -1.04. The lowest BCUT2D eigenvalue weighted by atomic mass is 10.1. The first-order valence-electron chi connectivity index (χ1n) is 8.62. The zero-order chi connectivity index (χ0) is 19.2. The van der Waals surface area contributed by atoms with Crippen LogP contribution in [-0.2, 0) is 16.0 Å². The second kappa shape index (κ2) is 8.46. The number of hydrogen-bond acceptors (Lipinski definition) is 4. The second-order valence-corrected chi connectivity index (χ2v) is 6.22. The molecule has 140 valence electrons. The fourth-order valence-corrected chi connectivity index (χ4v) is 2.88. The number of carboxylic acid groups (broad SMARTS) is 1. The fraction of sp³-hybridized carbons (Fsp3) is 0.250. The van der Waals surface area contributed by atoms with Gasteiger partial charge in [0.15, 0.2) is 0 Å². The highest BCUT2D eigenvalue weighted by Gasteiger charge is 2.18. The summed E-state index contributed by atoms with van der Waals surface area (Å²) in [5.74, 6) is -1.41. The first kappa shape index (κ1) is 18.6. The van der Waals surface area contributed by atoms with Crippen LogP contribution in [0.5, 0.6) is 0 Å². The molecule has 0 unspecified atom stereocenters. The first-order valence-corrected chi connectivity index (χ1v) is 8.62. The number of hydrogen-bond donors (Lipinski definition) is 2. The number of nitrogens with zero attached hydrogens (tertiary/aromatic N) is 1. The summed E-state index contributed by atoms with van der Waals surface area (Å²) in [5, 5.41) is 11.8. The molecular formula is C20H20N2O5. The van der Waals surface area contributed by atoms with Crippen LogP contribution in [0.25, 0.3) is 0 Å². The molecule has 2 N–H and O–H groups in total. The molecule has 2 aromatic carbocycles. The van der Waals surface area contributed by atoms with Crippen LogP contribution < -0.4 is 5.32 Å². The third kappa shape index (κ3) is 4.92. The number of amides is 2. The maximum atomic E-state index is 12.5. The van der Waals surface area contributed by atoms with Crippen LogP contribution in [0.4, 0.5) is 5.69 Å². The molecule has 3 rings (SSSR count). The van der Waals surface area contributed by atoms with E-state index in [0.717, 1.165) is 0 Å². The summed E-state index contributed by atoms with van der Waals surface area (Å²) in [5.41, 5.74) is 1.77. The van der Waals surface area contributed by atoms with Crippen LogP contribution >= 0.6 is 0 Å². The molecule has 0 radical (unpaired) electrons. The number of rotatable bonds is 5. The van der Waals surface area contributed by atoms with E-state index in [9.17, 15) is 14.4 Å². The highest BCUT2D eigenvalue weighted by Crippen LogP contribution is 2.15. The van der Waals surface area contributed by atoms with Gasteiger partial charge in [0.05, 0.1) is 25.2 Å². The quantitative estimate of drug-likeness (QED) is 0.842. The SMILES string of the molecule is O=C(Cc1cccc(C(=O)O)c1)Nc1cccc(C(=O)N2CCOCC2)c1. The largest absolute Gasteiger partial charge is 0.478 e. The number of aromatic carboxylic acids is 1. The van der Waals surface area contributed by atoms with Gasteiger partial charge in [-0.15, -0.1) is 0 Å². The minimum absolute atomic E-state index is 0.0444. The van der Waals surface area contributed by atoms with Gasteiger partial charge in [0.2, 0.25) is 5.91 Å². The van der Waals surface area contributed by atoms with Gasteiger partial charge in [0, 0.05) is 24.3 Å². The van der Waals surface area contributed by atoms with Crippen molar-refractivity contribution in [2.75, 3.05) is 31.6 Å². The number of morpholine rings is 1. The van der Waals surface area contributed by atoms with E-state index in [2.05, 4.69) is 5.32 Å². The Morgan fingerprint density at radius 1 is 1.00 bits per heavy atom. The molecular weight excluding hydrogens is 348 g/mol. The zero-order valence-corrected chi connectivity index (χ0v) is 14.7. The molecule has 7 heteroatoms. The van der Waals surface area contributed by atoms with Gasteiger partial charge < -0.3 is 20.1 Å². The number of anilines is 1. The Morgan fingerprint density at radius 3 is 2.44 bits per heavy atom. The van der Waals surface area contributed by atoms with Crippen molar-refractivity contribution in [3.05, 3.63) is 65.2 Å². The van der Waals surface area contributed by atoms with Gasteiger partial charge in [0.25, 0.3) is 5.91 Å². The molecule has 0 aliphatic carbocycles. The highest BCUT2D eigenvalue weighted by atomic mass is 16.5. The van der Waals surface area contributed by atoms with Crippen molar-refractivity contribution >= 4 is 23.5 Å². The van der Waals surface area contributed by atoms with Gasteiger partial charge in [-0.1, -0.05) is 18.2 Å². The molecule has 0 saturated carbocycles. The molecule has 7 nitrogen and oxygen atoms in total. The highest BCUT2D eigenvalue weighted by molar-refractivity contribution is 5.97. The van der Waals surface area contributed by atoms with Gasteiger partial charge in [0.1, 0.15) is 0 Å². The lowest BCUT2D eigenvalue weighted by Gasteiger charge is -2.27. The van der Waals surface area contributed by atoms with Crippen molar-refractivity contribution in [3.63, 3.8) is 0 Å². The molecule has 1 saturated heterocycles. The average molecular weight is 368 g/mol. The van der Waals surface area contributed by atoms with E-state index in [4.69, 9.17) is 9.84 Å². The van der Waals surface area contributed by atoms with Crippen molar-refractivity contribution in [3.8, 4) is 0 Å². The molecule has 1 heterocycles. The molecule has 0 aromatic heterocycles. The molecule has 1 fully saturated rings. The third-order valence-corrected chi connectivity index (χ3v) is 4.23. The second-order valence-electron chi connectivity index (χ2n) is 6.22. The standard InChI is InChI=1S/C20H20N2O5/c23-18(12-14-3-1-5-16(11-14)20(25)26)21-17-6-2-4-15(13-17)19(24)22-7-9-27-10-8-22/h1-6,11,13H,7-10,12H2,(H,21,23)(H,25,26). The van der Waals surface area contributed by atoms with E-state index in [-0.39, 0.29) is 23.8 Å². The summed E-state index contributed by atoms with van der Waals surface area (Å²) in [6, 6.07) is 13.0. The smallest absolute Gasteiger partial charge is 0.335 e. The lowest BCUT2D eigenvalue weighted by Crippen LogP contribution is -2.40. The topological polar surface area (TPSA) is 95.9 Å². The number of carbonyl (C=O) groups excluding carboxylic acids is 2. The van der Waals surface area contributed by atoms with E-state index < -0.39 is 5.97 Å². The first-order chi connectivity index (χ1) is 13.0. The Labute approximate surface area is 156 Å². The van der Waals surface area contributed by atoms with Gasteiger partial charge in [-0.2, -0.15) is 0 Å². The molecule has 27 heavy (non-hydrogen) atoms. The van der Waals surface area contributed by atoms with E-state index in [1.165, 1.54) is 12.1 Å². The molecule has 0 bridgehead atoms. The van der Waals surface area contributed by atoms with Gasteiger partial charge in [-0.25, -0.2) is 4.79 Å². The van der Waals surface area contributed by atoms with Crippen LogP contribution in [0.3, 0.4) is 0 Å². The molecule has 1 aliphatic rings. The number of carbonyl (C=O) groups is 3. The van der Waals surface area contributed by atoms with E-state index >= 15 is 0 Å². The van der Waals surface area contributed by atoms with Crippen molar-refractivity contribution in [1.82, 2.24) is 4.90 Å². The number of carboxylic acids is 1. The van der Waals surface area contributed by atoms with Gasteiger partial charge >= 0.3 is 5.97 Å². The van der Waals surface area contributed by atoms with Crippen molar-refractivity contribution in [2.45, 2.75) is 6.42 Å². The predicted molar refractivity (Wildman–Crippen MR) is 98.9 cm³/mol. The Hall–Kier alpha value is -3.19. The van der Waals surface area contributed by atoms with Gasteiger partial charge in [-0.05, 0) is 35.9 Å². The van der Waals surface area contributed by atoms with E-state index in [1.807, 2.05) is 0 Å². The van der Waals surface area contributed by atoms with Crippen LogP contribution in [0.15, 0.2) is 48.5 Å². The van der Waals surface area contributed by atoms with Gasteiger partial charge in [-0.3, -0.25) is 9.59 Å². The normalized spacial score (nSPS) is 13.9. The fourth-order valence-electron chi connectivity index (χ4n) is 2.88. The monoisotopic (exact) mass is 368 g/mol. The average Bonchev–Trinajstić information content (AvgIpc) is 2.68. The Morgan fingerprint density at radius 2 is 1.70 bits per heavy atom. The zero-order valence-electron chi connectivity index (χ0n) is 14.7. The van der Waals surface area contributed by atoms with Crippen LogP contribution in [-0.4, -0.2) is 54.1 Å². The molecule has 2 amide bonds. The summed E-state index contributed by atoms with van der Waals surface area (Å²) in [7, 11) is 0. The van der Waals surface area contributed by atoms with Crippen LogP contribution in [0, 0.1) is 0 Å². The third-order valence-electron chi connectivity index (χ3n) is 4.23. The predicted octanol–water partition coefficient (Wildman–Crippen LogP) is 2.04. The lowest BCUT2D eigenvalue weighted by molar-refractivity contribution is -0.115. The molecule has 0 atom stereocenters. The maximum absolute atomic E-state index is 12.5. The molecule has 1 aliphatic heterocycles. The van der Waals surface area contributed by atoms with Crippen molar-refractivity contribution in [1.29, 1.82) is 0 Å². The summed E-state index contributed by atoms with van der Waals surface area (Å²) >= 11 is 0. The molecule has 0 spiro atoms. The number of ether oxygens (including phenoxy) is 1. The van der Waals surface area contributed by atoms with Crippen LogP contribution in [0.2, 0.25) is 0 Å². The van der Waals surface area contributed by atoms with E-state index in [0.29, 0.717) is 43.1 Å². The molecule has 2 aromatic rings. The van der Waals surface area contributed by atoms with Crippen molar-refractivity contribution < 1.29 is 24.2 Å².